The fourth-order valence-corrected chi connectivity index (χ4v) is 2.38. The van der Waals surface area contributed by atoms with Crippen LogP contribution in [-0.2, 0) is 4.74 Å². The van der Waals surface area contributed by atoms with E-state index in [2.05, 4.69) is 12.2 Å². The Labute approximate surface area is 94.8 Å². The van der Waals surface area contributed by atoms with Crippen LogP contribution in [0.3, 0.4) is 0 Å². The first-order valence-electron chi connectivity index (χ1n) is 6.59. The lowest BCUT2D eigenvalue weighted by Gasteiger charge is -2.25. The monoisotopic (exact) mass is 213 g/mol. The molecule has 1 atom stereocenters. The minimum absolute atomic E-state index is 0.798. The number of rotatable bonds is 7. The van der Waals surface area contributed by atoms with Gasteiger partial charge in [0.25, 0.3) is 0 Å². The Bertz CT molecular complexity index is 143. The van der Waals surface area contributed by atoms with E-state index in [0.29, 0.717) is 0 Å². The van der Waals surface area contributed by atoms with Crippen LogP contribution in [0.2, 0.25) is 0 Å². The summed E-state index contributed by atoms with van der Waals surface area (Å²) in [4.78, 5) is 0. The van der Waals surface area contributed by atoms with Crippen LogP contribution in [0.25, 0.3) is 0 Å². The molecule has 1 saturated carbocycles. The standard InChI is InChI=1S/C13H27NO/c1-3-12(9-10-15-2)11-14-13-7-5-4-6-8-13/h12-14H,3-11H2,1-2H3/t12-/m1/s1. The summed E-state index contributed by atoms with van der Waals surface area (Å²) in [6.07, 6.45) is 9.54. The van der Waals surface area contributed by atoms with E-state index in [0.717, 1.165) is 18.6 Å². The first kappa shape index (κ1) is 13.0. The number of ether oxygens (including phenoxy) is 1. The predicted molar refractivity (Wildman–Crippen MR) is 65.1 cm³/mol. The van der Waals surface area contributed by atoms with E-state index in [1.807, 2.05) is 0 Å². The fourth-order valence-electron chi connectivity index (χ4n) is 2.38. The van der Waals surface area contributed by atoms with E-state index in [9.17, 15) is 0 Å². The number of hydrogen-bond acceptors (Lipinski definition) is 2. The SMILES string of the molecule is CC[C@H](CCOC)CNC1CCCCC1. The lowest BCUT2D eigenvalue weighted by Crippen LogP contribution is -2.35. The molecule has 0 aromatic carbocycles. The van der Waals surface area contributed by atoms with Gasteiger partial charge in [0.05, 0.1) is 0 Å². The van der Waals surface area contributed by atoms with E-state index in [1.54, 1.807) is 7.11 Å². The normalized spacial score (nSPS) is 20.4. The lowest BCUT2D eigenvalue weighted by atomic mass is 9.94. The molecule has 0 aromatic rings. The highest BCUT2D eigenvalue weighted by Crippen LogP contribution is 2.18. The highest BCUT2D eigenvalue weighted by molar-refractivity contribution is 4.73. The van der Waals surface area contributed by atoms with E-state index in [-0.39, 0.29) is 0 Å². The maximum atomic E-state index is 5.14. The Morgan fingerprint density at radius 3 is 2.60 bits per heavy atom. The lowest BCUT2D eigenvalue weighted by molar-refractivity contribution is 0.173. The molecule has 1 N–H and O–H groups in total. The first-order chi connectivity index (χ1) is 7.36. The van der Waals surface area contributed by atoms with Crippen LogP contribution in [0.5, 0.6) is 0 Å². The highest BCUT2D eigenvalue weighted by atomic mass is 16.5. The molecule has 0 heterocycles. The Kier molecular flexibility index (Phi) is 7.03. The summed E-state index contributed by atoms with van der Waals surface area (Å²) in [5.41, 5.74) is 0. The van der Waals surface area contributed by atoms with Gasteiger partial charge < -0.3 is 10.1 Å². The van der Waals surface area contributed by atoms with Crippen molar-refractivity contribution in [2.75, 3.05) is 20.3 Å². The molecule has 1 fully saturated rings. The van der Waals surface area contributed by atoms with Gasteiger partial charge in [-0.05, 0) is 31.7 Å². The van der Waals surface area contributed by atoms with Gasteiger partial charge in [-0.15, -0.1) is 0 Å². The summed E-state index contributed by atoms with van der Waals surface area (Å²) in [7, 11) is 1.79. The fraction of sp³-hybridized carbons (Fsp3) is 1.00. The molecule has 90 valence electrons. The number of methoxy groups -OCH3 is 1. The van der Waals surface area contributed by atoms with Gasteiger partial charge in [0.1, 0.15) is 0 Å². The second-order valence-corrected chi connectivity index (χ2v) is 4.80. The largest absolute Gasteiger partial charge is 0.385 e. The maximum absolute atomic E-state index is 5.14. The molecule has 0 amide bonds. The highest BCUT2D eigenvalue weighted by Gasteiger charge is 2.14. The Balaban J connectivity index is 2.09. The van der Waals surface area contributed by atoms with Crippen molar-refractivity contribution in [3.8, 4) is 0 Å². The molecule has 0 bridgehead atoms. The van der Waals surface area contributed by atoms with Crippen LogP contribution in [-0.4, -0.2) is 26.3 Å². The minimum Gasteiger partial charge on any atom is -0.385 e. The van der Waals surface area contributed by atoms with Gasteiger partial charge in [-0.2, -0.15) is 0 Å². The zero-order valence-electron chi connectivity index (χ0n) is 10.4. The van der Waals surface area contributed by atoms with Crippen molar-refractivity contribution in [1.29, 1.82) is 0 Å². The summed E-state index contributed by atoms with van der Waals surface area (Å²) in [5, 5.41) is 3.73. The molecule has 0 saturated heterocycles. The van der Waals surface area contributed by atoms with Crippen molar-refractivity contribution in [2.45, 2.75) is 57.9 Å². The van der Waals surface area contributed by atoms with Gasteiger partial charge in [-0.25, -0.2) is 0 Å². The third-order valence-corrected chi connectivity index (χ3v) is 3.61. The van der Waals surface area contributed by atoms with Crippen LogP contribution in [0, 0.1) is 5.92 Å². The van der Waals surface area contributed by atoms with Crippen molar-refractivity contribution < 1.29 is 4.74 Å². The molecule has 1 rings (SSSR count). The molecule has 0 aliphatic heterocycles. The van der Waals surface area contributed by atoms with E-state index < -0.39 is 0 Å². The zero-order valence-corrected chi connectivity index (χ0v) is 10.4. The first-order valence-corrected chi connectivity index (χ1v) is 6.59. The average molecular weight is 213 g/mol. The summed E-state index contributed by atoms with van der Waals surface area (Å²) in [6.45, 7) is 4.37. The molecule has 1 aliphatic carbocycles. The summed E-state index contributed by atoms with van der Waals surface area (Å²) in [5.74, 6) is 0.798. The molecule has 0 unspecified atom stereocenters. The molecular weight excluding hydrogens is 186 g/mol. The van der Waals surface area contributed by atoms with Gasteiger partial charge in [0.15, 0.2) is 0 Å². The molecule has 1 aliphatic rings. The molecule has 2 heteroatoms. The van der Waals surface area contributed by atoms with Crippen LogP contribution in [0.4, 0.5) is 0 Å². The van der Waals surface area contributed by atoms with Crippen LogP contribution in [0.1, 0.15) is 51.9 Å². The van der Waals surface area contributed by atoms with Crippen molar-refractivity contribution in [1.82, 2.24) is 5.32 Å². The Morgan fingerprint density at radius 2 is 2.00 bits per heavy atom. The van der Waals surface area contributed by atoms with Crippen molar-refractivity contribution in [3.63, 3.8) is 0 Å². The molecule has 0 spiro atoms. The van der Waals surface area contributed by atoms with Gasteiger partial charge in [-0.1, -0.05) is 32.6 Å². The molecular formula is C13H27NO. The Morgan fingerprint density at radius 1 is 1.27 bits per heavy atom. The van der Waals surface area contributed by atoms with E-state index in [1.165, 1.54) is 51.5 Å². The Hall–Kier alpha value is -0.0800. The van der Waals surface area contributed by atoms with Crippen LogP contribution >= 0.6 is 0 Å². The summed E-state index contributed by atoms with van der Waals surface area (Å²) in [6, 6.07) is 0.801. The second-order valence-electron chi connectivity index (χ2n) is 4.80. The van der Waals surface area contributed by atoms with Crippen molar-refractivity contribution in [2.24, 2.45) is 5.92 Å². The zero-order chi connectivity index (χ0) is 10.9. The predicted octanol–water partition coefficient (Wildman–Crippen LogP) is 2.97. The summed E-state index contributed by atoms with van der Waals surface area (Å²) < 4.78 is 5.14. The molecule has 0 aromatic heterocycles. The molecule has 15 heavy (non-hydrogen) atoms. The topological polar surface area (TPSA) is 21.3 Å². The van der Waals surface area contributed by atoms with Crippen molar-refractivity contribution in [3.05, 3.63) is 0 Å². The van der Waals surface area contributed by atoms with Crippen LogP contribution in [0.15, 0.2) is 0 Å². The van der Waals surface area contributed by atoms with Gasteiger partial charge in [-0.3, -0.25) is 0 Å². The van der Waals surface area contributed by atoms with E-state index >= 15 is 0 Å². The van der Waals surface area contributed by atoms with Crippen LogP contribution < -0.4 is 5.32 Å². The second kappa shape index (κ2) is 8.12. The minimum atomic E-state index is 0.798. The quantitative estimate of drug-likeness (QED) is 0.702. The number of nitrogens with one attached hydrogen (secondary N) is 1. The summed E-state index contributed by atoms with van der Waals surface area (Å²) >= 11 is 0. The van der Waals surface area contributed by atoms with Gasteiger partial charge in [0, 0.05) is 19.8 Å². The average Bonchev–Trinajstić information content (AvgIpc) is 2.31. The maximum Gasteiger partial charge on any atom is 0.0465 e. The third-order valence-electron chi connectivity index (χ3n) is 3.61. The van der Waals surface area contributed by atoms with E-state index in [4.69, 9.17) is 4.74 Å². The third kappa shape index (κ3) is 5.53. The smallest absolute Gasteiger partial charge is 0.0465 e. The number of hydrogen-bond donors (Lipinski definition) is 1. The van der Waals surface area contributed by atoms with Gasteiger partial charge in [0.2, 0.25) is 0 Å². The molecule has 0 radical (unpaired) electrons. The molecule has 2 nitrogen and oxygen atoms in total. The van der Waals surface area contributed by atoms with Gasteiger partial charge >= 0.3 is 0 Å². The van der Waals surface area contributed by atoms with Crippen molar-refractivity contribution >= 4 is 0 Å².